The van der Waals surface area contributed by atoms with Gasteiger partial charge in [0.2, 0.25) is 0 Å². The van der Waals surface area contributed by atoms with Crippen molar-refractivity contribution < 1.29 is 18.7 Å². The first-order valence-corrected chi connectivity index (χ1v) is 7.21. The van der Waals surface area contributed by atoms with E-state index in [2.05, 4.69) is 0 Å². The smallest absolute Gasteiger partial charge is 0.134 e. The Kier molecular flexibility index (Phi) is 4.03. The highest BCUT2D eigenvalue weighted by molar-refractivity contribution is 5.77. The Balaban J connectivity index is 1.64. The van der Waals surface area contributed by atoms with Gasteiger partial charge in [0.15, 0.2) is 0 Å². The molecule has 0 radical (unpaired) electrons. The summed E-state index contributed by atoms with van der Waals surface area (Å²) in [6.07, 6.45) is 4.42. The summed E-state index contributed by atoms with van der Waals surface area (Å²) in [5, 5.41) is 10.9. The number of hydrogen-bond acceptors (Lipinski definition) is 3. The fraction of sp³-hybridized carbons (Fsp3) is 0.500. The van der Waals surface area contributed by atoms with Crippen LogP contribution in [0.1, 0.15) is 44.0 Å². The van der Waals surface area contributed by atoms with Crippen molar-refractivity contribution in [3.63, 3.8) is 0 Å². The number of halogens is 1. The Morgan fingerprint density at radius 2 is 2.20 bits per heavy atom. The molecule has 0 spiro atoms. The molecule has 1 N–H and O–H groups in total. The molecule has 3 nitrogen and oxygen atoms in total. The summed E-state index contributed by atoms with van der Waals surface area (Å²) < 4.78 is 24.3. The third kappa shape index (κ3) is 3.02. The second-order valence-electron chi connectivity index (χ2n) is 5.41. The topological polar surface area (TPSA) is 42.6 Å². The first-order chi connectivity index (χ1) is 9.72. The molecule has 0 aliphatic carbocycles. The average Bonchev–Trinajstić information content (AvgIpc) is 2.89. The maximum Gasteiger partial charge on any atom is 0.134 e. The average molecular weight is 278 g/mol. The molecular formula is C16H19FO3. The van der Waals surface area contributed by atoms with Crippen molar-refractivity contribution in [3.8, 4) is 0 Å². The van der Waals surface area contributed by atoms with E-state index >= 15 is 0 Å². The van der Waals surface area contributed by atoms with Crippen molar-refractivity contribution in [1.29, 1.82) is 0 Å². The quantitative estimate of drug-likeness (QED) is 0.920. The zero-order chi connectivity index (χ0) is 13.9. The van der Waals surface area contributed by atoms with Gasteiger partial charge in [-0.3, -0.25) is 0 Å². The number of aliphatic hydroxyl groups is 1. The van der Waals surface area contributed by atoms with Crippen molar-refractivity contribution in [2.45, 2.75) is 44.3 Å². The fourth-order valence-electron chi connectivity index (χ4n) is 2.72. The van der Waals surface area contributed by atoms with Crippen LogP contribution in [0.15, 0.2) is 28.7 Å². The van der Waals surface area contributed by atoms with E-state index in [1.54, 1.807) is 12.1 Å². The molecule has 0 bridgehead atoms. The number of hydrogen-bond donors (Lipinski definition) is 1. The summed E-state index contributed by atoms with van der Waals surface area (Å²) >= 11 is 0. The number of benzene rings is 1. The molecule has 1 aromatic carbocycles. The van der Waals surface area contributed by atoms with Gasteiger partial charge in [-0.25, -0.2) is 4.39 Å². The van der Waals surface area contributed by atoms with E-state index in [1.165, 1.54) is 18.6 Å². The number of ether oxygens (including phenoxy) is 1. The Bertz CT molecular complexity index is 572. The van der Waals surface area contributed by atoms with E-state index in [0.717, 1.165) is 25.9 Å². The number of rotatable bonds is 4. The van der Waals surface area contributed by atoms with Gasteiger partial charge in [-0.05, 0) is 56.4 Å². The molecule has 1 fully saturated rings. The Labute approximate surface area is 117 Å². The van der Waals surface area contributed by atoms with Crippen LogP contribution in [-0.2, 0) is 4.74 Å². The van der Waals surface area contributed by atoms with Gasteiger partial charge in [0.25, 0.3) is 0 Å². The molecular weight excluding hydrogens is 259 g/mol. The first kappa shape index (κ1) is 13.6. The normalized spacial score (nSPS) is 21.2. The zero-order valence-electron chi connectivity index (χ0n) is 11.3. The molecule has 4 heteroatoms. The molecule has 1 saturated heterocycles. The molecule has 2 heterocycles. The van der Waals surface area contributed by atoms with Crippen LogP contribution in [0, 0.1) is 5.82 Å². The molecule has 2 aromatic rings. The standard InChI is InChI=1S/C16H19FO3/c17-12-4-7-15-11(9-12)10-16(20-15)14(18)6-5-13-3-1-2-8-19-13/h4,7,9-10,13-14,18H,1-3,5-6,8H2. The van der Waals surface area contributed by atoms with Crippen LogP contribution in [0.3, 0.4) is 0 Å². The van der Waals surface area contributed by atoms with E-state index in [-0.39, 0.29) is 11.9 Å². The van der Waals surface area contributed by atoms with E-state index in [1.807, 2.05) is 0 Å². The van der Waals surface area contributed by atoms with Gasteiger partial charge >= 0.3 is 0 Å². The number of fused-ring (bicyclic) bond motifs is 1. The number of furan rings is 1. The molecule has 108 valence electrons. The van der Waals surface area contributed by atoms with E-state index < -0.39 is 6.10 Å². The highest BCUT2D eigenvalue weighted by atomic mass is 19.1. The lowest BCUT2D eigenvalue weighted by Gasteiger charge is -2.23. The lowest BCUT2D eigenvalue weighted by atomic mass is 10.0. The van der Waals surface area contributed by atoms with Crippen molar-refractivity contribution in [2.75, 3.05) is 6.61 Å². The summed E-state index contributed by atoms with van der Waals surface area (Å²) in [5.74, 6) is 0.205. The van der Waals surface area contributed by atoms with Crippen molar-refractivity contribution >= 4 is 11.0 Å². The fourth-order valence-corrected chi connectivity index (χ4v) is 2.72. The molecule has 2 atom stereocenters. The third-order valence-electron chi connectivity index (χ3n) is 3.86. The van der Waals surface area contributed by atoms with Crippen LogP contribution in [0.5, 0.6) is 0 Å². The summed E-state index contributed by atoms with van der Waals surface area (Å²) in [6, 6.07) is 6.08. The Morgan fingerprint density at radius 1 is 1.30 bits per heavy atom. The molecule has 20 heavy (non-hydrogen) atoms. The largest absolute Gasteiger partial charge is 0.458 e. The molecule has 1 aliphatic heterocycles. The predicted octanol–water partition coefficient (Wildman–Crippen LogP) is 3.95. The van der Waals surface area contributed by atoms with Crippen LogP contribution in [0.2, 0.25) is 0 Å². The Hall–Kier alpha value is -1.39. The van der Waals surface area contributed by atoms with E-state index in [4.69, 9.17) is 9.15 Å². The van der Waals surface area contributed by atoms with Gasteiger partial charge in [-0.15, -0.1) is 0 Å². The maximum atomic E-state index is 13.1. The summed E-state index contributed by atoms with van der Waals surface area (Å²) in [6.45, 7) is 0.824. The molecule has 1 aliphatic rings. The first-order valence-electron chi connectivity index (χ1n) is 7.21. The molecule has 1 aromatic heterocycles. The third-order valence-corrected chi connectivity index (χ3v) is 3.86. The maximum absolute atomic E-state index is 13.1. The van der Waals surface area contributed by atoms with Gasteiger partial charge in [0, 0.05) is 12.0 Å². The minimum Gasteiger partial charge on any atom is -0.458 e. The highest BCUT2D eigenvalue weighted by Gasteiger charge is 2.18. The van der Waals surface area contributed by atoms with Crippen molar-refractivity contribution in [1.82, 2.24) is 0 Å². The second kappa shape index (κ2) is 5.94. The second-order valence-corrected chi connectivity index (χ2v) is 5.41. The minimum absolute atomic E-state index is 0.250. The van der Waals surface area contributed by atoms with Crippen molar-refractivity contribution in [2.24, 2.45) is 0 Å². The highest BCUT2D eigenvalue weighted by Crippen LogP contribution is 2.28. The van der Waals surface area contributed by atoms with E-state index in [0.29, 0.717) is 23.2 Å². The molecule has 3 rings (SSSR count). The van der Waals surface area contributed by atoms with Gasteiger partial charge in [-0.1, -0.05) is 0 Å². The van der Waals surface area contributed by atoms with Gasteiger partial charge in [0.05, 0.1) is 6.10 Å². The molecule has 0 amide bonds. The van der Waals surface area contributed by atoms with Crippen LogP contribution in [-0.4, -0.2) is 17.8 Å². The summed E-state index contributed by atoms with van der Waals surface area (Å²) in [7, 11) is 0. The van der Waals surface area contributed by atoms with E-state index in [9.17, 15) is 9.50 Å². The molecule has 0 saturated carbocycles. The lowest BCUT2D eigenvalue weighted by Crippen LogP contribution is -2.19. The monoisotopic (exact) mass is 278 g/mol. The zero-order valence-corrected chi connectivity index (χ0v) is 11.3. The summed E-state index contributed by atoms with van der Waals surface area (Å²) in [4.78, 5) is 0. The van der Waals surface area contributed by atoms with Crippen molar-refractivity contribution in [3.05, 3.63) is 35.8 Å². The van der Waals surface area contributed by atoms with Gasteiger partial charge < -0.3 is 14.3 Å². The molecule has 2 unspecified atom stereocenters. The lowest BCUT2D eigenvalue weighted by molar-refractivity contribution is 0.000745. The summed E-state index contributed by atoms with van der Waals surface area (Å²) in [5.41, 5.74) is 0.606. The van der Waals surface area contributed by atoms with Crippen LogP contribution >= 0.6 is 0 Å². The SMILES string of the molecule is OC(CCC1CCCCO1)c1cc2cc(F)ccc2o1. The van der Waals surface area contributed by atoms with Crippen LogP contribution in [0.25, 0.3) is 11.0 Å². The van der Waals surface area contributed by atoms with Crippen LogP contribution in [0.4, 0.5) is 4.39 Å². The minimum atomic E-state index is -0.656. The predicted molar refractivity (Wildman–Crippen MR) is 74.0 cm³/mol. The van der Waals surface area contributed by atoms with Crippen LogP contribution < -0.4 is 0 Å². The van der Waals surface area contributed by atoms with Gasteiger partial charge in [-0.2, -0.15) is 0 Å². The number of aliphatic hydroxyl groups excluding tert-OH is 1. The van der Waals surface area contributed by atoms with Gasteiger partial charge in [0.1, 0.15) is 23.3 Å². The Morgan fingerprint density at radius 3 is 3.00 bits per heavy atom.